The number of nitrogens with zero attached hydrogens (tertiary/aromatic N) is 7. The zero-order chi connectivity index (χ0) is 10.8. The van der Waals surface area contributed by atoms with Crippen LogP contribution in [-0.2, 0) is 0 Å². The van der Waals surface area contributed by atoms with E-state index in [-0.39, 0.29) is 11.6 Å². The molecule has 0 aliphatic heterocycles. The van der Waals surface area contributed by atoms with Crippen LogP contribution < -0.4 is 0 Å². The monoisotopic (exact) mass is 209 g/mol. The molecule has 0 fully saturated rings. The van der Waals surface area contributed by atoms with E-state index < -0.39 is 10.9 Å². The van der Waals surface area contributed by atoms with Crippen molar-refractivity contribution in [2.24, 2.45) is 0 Å². The van der Waals surface area contributed by atoms with Crippen molar-refractivity contribution >= 4 is 5.69 Å². The highest BCUT2D eigenvalue weighted by Gasteiger charge is 2.11. The Labute approximate surface area is 81.4 Å². The number of nitro groups is 1. The van der Waals surface area contributed by atoms with Crippen LogP contribution >= 0.6 is 0 Å². The van der Waals surface area contributed by atoms with Crippen molar-refractivity contribution < 1.29 is 10.0 Å². The van der Waals surface area contributed by atoms with Gasteiger partial charge in [0.05, 0.1) is 4.92 Å². The van der Waals surface area contributed by atoms with E-state index in [2.05, 4.69) is 25.5 Å². The van der Waals surface area contributed by atoms with Gasteiger partial charge in [0.25, 0.3) is 5.95 Å². The van der Waals surface area contributed by atoms with E-state index in [1.54, 1.807) is 0 Å². The Morgan fingerprint density at radius 2 is 2.00 bits per heavy atom. The van der Waals surface area contributed by atoms with E-state index in [0.29, 0.717) is 0 Å². The van der Waals surface area contributed by atoms with Gasteiger partial charge in [0.2, 0.25) is 0 Å². The zero-order valence-electron chi connectivity index (χ0n) is 7.05. The second-order valence-corrected chi connectivity index (χ2v) is 2.40. The quantitative estimate of drug-likeness (QED) is 0.495. The number of hydrogen-bond acceptors (Lipinski definition) is 8. The van der Waals surface area contributed by atoms with Crippen molar-refractivity contribution in [1.82, 2.24) is 30.2 Å². The van der Waals surface area contributed by atoms with E-state index in [4.69, 9.17) is 5.11 Å². The molecule has 76 valence electrons. The zero-order valence-corrected chi connectivity index (χ0v) is 7.05. The predicted molar refractivity (Wildman–Crippen MR) is 43.1 cm³/mol. The summed E-state index contributed by atoms with van der Waals surface area (Å²) in [4.78, 5) is 9.73. The van der Waals surface area contributed by atoms with Crippen molar-refractivity contribution in [2.45, 2.75) is 0 Å². The Hall–Kier alpha value is -2.65. The van der Waals surface area contributed by atoms with Crippen LogP contribution in [0.2, 0.25) is 0 Å². The van der Waals surface area contributed by atoms with Gasteiger partial charge in [0, 0.05) is 0 Å². The molecule has 0 spiro atoms. The lowest BCUT2D eigenvalue weighted by Crippen LogP contribution is -2.04. The van der Waals surface area contributed by atoms with Crippen LogP contribution in [0.1, 0.15) is 0 Å². The SMILES string of the molecule is O=[N+]([O-])c1cnn(-c2nnc(O)nn2)c1. The summed E-state index contributed by atoms with van der Waals surface area (Å²) in [6, 6.07) is -0.583. The maximum Gasteiger partial charge on any atom is 0.352 e. The lowest BCUT2D eigenvalue weighted by atomic mass is 10.6. The molecule has 0 amide bonds. The van der Waals surface area contributed by atoms with Gasteiger partial charge >= 0.3 is 11.7 Å². The molecule has 0 saturated carbocycles. The summed E-state index contributed by atoms with van der Waals surface area (Å²) in [5.41, 5.74) is -0.202. The van der Waals surface area contributed by atoms with Crippen LogP contribution in [0.3, 0.4) is 0 Å². The van der Waals surface area contributed by atoms with Crippen molar-refractivity contribution in [3.05, 3.63) is 22.5 Å². The molecule has 0 aliphatic carbocycles. The Morgan fingerprint density at radius 3 is 2.53 bits per heavy atom. The molecule has 2 aromatic heterocycles. The molecule has 0 unspecified atom stereocenters. The largest absolute Gasteiger partial charge is 0.477 e. The molecule has 0 aromatic carbocycles. The van der Waals surface area contributed by atoms with Gasteiger partial charge in [-0.05, 0) is 0 Å². The minimum atomic E-state index is -0.606. The first-order valence-electron chi connectivity index (χ1n) is 3.62. The standard InChI is InChI=1S/C5H3N7O3/c13-5-9-7-4(8-10-5)11-2-3(1-6-11)12(14)15/h1-2H,(H,9,10,13). The summed E-state index contributed by atoms with van der Waals surface area (Å²) in [5, 5.41) is 36.0. The number of aromatic nitrogens is 6. The molecule has 0 radical (unpaired) electrons. The van der Waals surface area contributed by atoms with Gasteiger partial charge in [-0.25, -0.2) is 0 Å². The van der Waals surface area contributed by atoms with Crippen molar-refractivity contribution in [3.63, 3.8) is 0 Å². The van der Waals surface area contributed by atoms with Gasteiger partial charge < -0.3 is 5.11 Å². The average Bonchev–Trinajstić information content (AvgIpc) is 2.68. The van der Waals surface area contributed by atoms with Crippen LogP contribution in [0.15, 0.2) is 12.4 Å². The van der Waals surface area contributed by atoms with E-state index in [0.717, 1.165) is 17.1 Å². The van der Waals surface area contributed by atoms with Crippen LogP contribution in [-0.4, -0.2) is 40.2 Å². The summed E-state index contributed by atoms with van der Waals surface area (Å²) in [6.07, 6.45) is 2.14. The minimum absolute atomic E-state index is 0.0686. The summed E-state index contributed by atoms with van der Waals surface area (Å²) in [6.45, 7) is 0. The molecule has 10 heteroatoms. The minimum Gasteiger partial charge on any atom is -0.477 e. The van der Waals surface area contributed by atoms with E-state index in [1.165, 1.54) is 0 Å². The lowest BCUT2D eigenvalue weighted by molar-refractivity contribution is -0.384. The molecule has 10 nitrogen and oxygen atoms in total. The molecule has 1 N–H and O–H groups in total. The smallest absolute Gasteiger partial charge is 0.352 e. The van der Waals surface area contributed by atoms with Crippen molar-refractivity contribution in [1.29, 1.82) is 0 Å². The van der Waals surface area contributed by atoms with Gasteiger partial charge in [-0.2, -0.15) is 9.78 Å². The maximum absolute atomic E-state index is 10.3. The van der Waals surface area contributed by atoms with Crippen LogP contribution in [0.25, 0.3) is 5.95 Å². The molecule has 2 heterocycles. The third-order valence-corrected chi connectivity index (χ3v) is 1.44. The third kappa shape index (κ3) is 1.67. The fraction of sp³-hybridized carbons (Fsp3) is 0. The Balaban J connectivity index is 2.37. The highest BCUT2D eigenvalue weighted by molar-refractivity contribution is 5.24. The van der Waals surface area contributed by atoms with Crippen LogP contribution in [0, 0.1) is 10.1 Å². The molecule has 2 rings (SSSR count). The first-order chi connectivity index (χ1) is 7.16. The molecule has 0 aliphatic rings. The maximum atomic E-state index is 10.3. The van der Waals surface area contributed by atoms with Crippen molar-refractivity contribution in [2.75, 3.05) is 0 Å². The van der Waals surface area contributed by atoms with Gasteiger partial charge in [-0.1, -0.05) is 10.2 Å². The second-order valence-electron chi connectivity index (χ2n) is 2.40. The Kier molecular flexibility index (Phi) is 1.93. The van der Waals surface area contributed by atoms with E-state index in [1.807, 2.05) is 0 Å². The van der Waals surface area contributed by atoms with Gasteiger partial charge in [-0.15, -0.1) is 10.2 Å². The second kappa shape index (κ2) is 3.25. The van der Waals surface area contributed by atoms with Gasteiger partial charge in [0.1, 0.15) is 12.4 Å². The normalized spacial score (nSPS) is 10.1. The third-order valence-electron chi connectivity index (χ3n) is 1.44. The molecule has 15 heavy (non-hydrogen) atoms. The van der Waals surface area contributed by atoms with Crippen LogP contribution in [0.5, 0.6) is 6.01 Å². The molecular weight excluding hydrogens is 206 g/mol. The lowest BCUT2D eigenvalue weighted by Gasteiger charge is -1.93. The number of aromatic hydroxyl groups is 1. The molecule has 0 bridgehead atoms. The summed E-state index contributed by atoms with van der Waals surface area (Å²) >= 11 is 0. The number of rotatable bonds is 2. The number of hydrogen-bond donors (Lipinski definition) is 1. The molecule has 0 saturated heterocycles. The average molecular weight is 209 g/mol. The van der Waals surface area contributed by atoms with Crippen LogP contribution in [0.4, 0.5) is 5.69 Å². The Bertz CT molecular complexity index is 492. The van der Waals surface area contributed by atoms with Gasteiger partial charge in [-0.3, -0.25) is 10.1 Å². The van der Waals surface area contributed by atoms with Gasteiger partial charge in [0.15, 0.2) is 0 Å². The topological polar surface area (TPSA) is 133 Å². The highest BCUT2D eigenvalue weighted by Crippen LogP contribution is 2.09. The predicted octanol–water partition coefficient (Wildman–Crippen LogP) is -0.934. The molecule has 2 aromatic rings. The van der Waals surface area contributed by atoms with E-state index >= 15 is 0 Å². The molecular formula is C5H3N7O3. The molecule has 0 atom stereocenters. The fourth-order valence-corrected chi connectivity index (χ4v) is 0.827. The fourth-order valence-electron chi connectivity index (χ4n) is 0.827. The summed E-state index contributed by atoms with van der Waals surface area (Å²) in [5.74, 6) is -0.0686. The first kappa shape index (κ1) is 8.93. The van der Waals surface area contributed by atoms with Crippen molar-refractivity contribution in [3.8, 4) is 12.0 Å². The van der Waals surface area contributed by atoms with E-state index in [9.17, 15) is 10.1 Å². The highest BCUT2D eigenvalue weighted by atomic mass is 16.6. The summed E-state index contributed by atoms with van der Waals surface area (Å²) in [7, 11) is 0. The first-order valence-corrected chi connectivity index (χ1v) is 3.62. The summed E-state index contributed by atoms with van der Waals surface area (Å²) < 4.78 is 1.03. The Morgan fingerprint density at radius 1 is 1.33 bits per heavy atom.